The monoisotopic (exact) mass is 279 g/mol. The van der Waals surface area contributed by atoms with E-state index in [0.717, 1.165) is 13.1 Å². The second-order valence-electron chi connectivity index (χ2n) is 1.37. The summed E-state index contributed by atoms with van der Waals surface area (Å²) in [6.45, 7) is 3.13. The SMILES string of the molecule is NCCNCCN.[Cl][Pd][Cl]. The van der Waals surface area contributed by atoms with Crippen molar-refractivity contribution in [3.05, 3.63) is 0 Å². The van der Waals surface area contributed by atoms with Crippen LogP contribution < -0.4 is 16.8 Å². The van der Waals surface area contributed by atoms with Gasteiger partial charge >= 0.3 is 35.0 Å². The van der Waals surface area contributed by atoms with E-state index in [-0.39, 0.29) is 15.9 Å². The summed E-state index contributed by atoms with van der Waals surface area (Å²) in [5.41, 5.74) is 10.3. The van der Waals surface area contributed by atoms with E-state index in [1.165, 1.54) is 0 Å². The Morgan fingerprint density at radius 1 is 1.10 bits per heavy atom. The quantitative estimate of drug-likeness (QED) is 0.496. The fourth-order valence-corrected chi connectivity index (χ4v) is 0.329. The summed E-state index contributed by atoms with van der Waals surface area (Å²) < 4.78 is 0. The number of nitrogens with two attached hydrogens (primary N) is 2. The fourth-order valence-electron chi connectivity index (χ4n) is 0.329. The molecule has 0 fully saturated rings. The molecule has 0 aliphatic rings. The van der Waals surface area contributed by atoms with Crippen LogP contribution in [0.25, 0.3) is 0 Å². The van der Waals surface area contributed by atoms with Gasteiger partial charge in [0.15, 0.2) is 0 Å². The average Bonchev–Trinajstić information content (AvgIpc) is 1.91. The van der Waals surface area contributed by atoms with Crippen LogP contribution in [-0.2, 0) is 15.9 Å². The van der Waals surface area contributed by atoms with Crippen molar-refractivity contribution >= 4 is 19.1 Å². The third kappa shape index (κ3) is 22.9. The molecule has 0 aromatic heterocycles. The average molecular weight is 280 g/mol. The van der Waals surface area contributed by atoms with Gasteiger partial charge in [0, 0.05) is 26.2 Å². The number of rotatable bonds is 4. The molecule has 0 saturated heterocycles. The molecule has 0 radical (unpaired) electrons. The molecule has 5 N–H and O–H groups in total. The molecule has 0 rings (SSSR count). The standard InChI is InChI=1S/C4H13N3.2ClH.Pd/c5-1-3-7-4-2-6;;;/h7H,1-6H2;2*1H;/q;;;+2/p-2. The molecule has 10 heavy (non-hydrogen) atoms. The van der Waals surface area contributed by atoms with Gasteiger partial charge in [0.05, 0.1) is 0 Å². The fraction of sp³-hybridized carbons (Fsp3) is 1.00. The number of halogens is 2. The molecule has 0 aliphatic carbocycles. The third-order valence-corrected chi connectivity index (χ3v) is 0.642. The minimum atomic E-state index is -0.106. The van der Waals surface area contributed by atoms with Gasteiger partial charge in [-0.25, -0.2) is 0 Å². The van der Waals surface area contributed by atoms with Gasteiger partial charge in [0.25, 0.3) is 0 Å². The van der Waals surface area contributed by atoms with Crippen molar-refractivity contribution < 1.29 is 15.9 Å². The van der Waals surface area contributed by atoms with E-state index < -0.39 is 0 Å². The Morgan fingerprint density at radius 2 is 1.40 bits per heavy atom. The first-order valence-corrected chi connectivity index (χ1v) is 6.77. The van der Waals surface area contributed by atoms with Gasteiger partial charge in [0.1, 0.15) is 0 Å². The van der Waals surface area contributed by atoms with Crippen molar-refractivity contribution in [2.45, 2.75) is 0 Å². The van der Waals surface area contributed by atoms with Crippen molar-refractivity contribution in [2.24, 2.45) is 11.5 Å². The Bertz CT molecular complexity index is 45.5. The van der Waals surface area contributed by atoms with Gasteiger partial charge in [-0.15, -0.1) is 0 Å². The van der Waals surface area contributed by atoms with Crippen LogP contribution in [0.3, 0.4) is 0 Å². The predicted molar refractivity (Wildman–Crippen MR) is 42.7 cm³/mol. The predicted octanol–water partition coefficient (Wildman–Crippen LogP) is -0.130. The molecule has 0 atom stereocenters. The molecular weight excluding hydrogens is 267 g/mol. The summed E-state index contributed by atoms with van der Waals surface area (Å²) >= 11 is -0.106. The molecule has 0 aliphatic heterocycles. The zero-order chi connectivity index (χ0) is 8.24. The van der Waals surface area contributed by atoms with Crippen molar-refractivity contribution in [3.8, 4) is 0 Å². The summed E-state index contributed by atoms with van der Waals surface area (Å²) in [5, 5.41) is 3.03. The Balaban J connectivity index is 0. The first-order chi connectivity index (χ1) is 4.83. The maximum absolute atomic E-state index is 5.17. The third-order valence-electron chi connectivity index (χ3n) is 0.642. The second-order valence-corrected chi connectivity index (χ2v) is 3.73. The van der Waals surface area contributed by atoms with Crippen molar-refractivity contribution in [2.75, 3.05) is 26.2 Å². The molecule has 0 amide bonds. The van der Waals surface area contributed by atoms with Gasteiger partial charge in [-0.3, -0.25) is 0 Å². The van der Waals surface area contributed by atoms with E-state index in [4.69, 9.17) is 30.5 Å². The first kappa shape index (κ1) is 13.7. The molecule has 0 unspecified atom stereocenters. The molecule has 0 bridgehead atoms. The van der Waals surface area contributed by atoms with Crippen LogP contribution in [0.4, 0.5) is 0 Å². The van der Waals surface area contributed by atoms with Crippen LogP contribution >= 0.6 is 19.1 Å². The van der Waals surface area contributed by atoms with Crippen LogP contribution in [0.1, 0.15) is 0 Å². The molecule has 3 nitrogen and oxygen atoms in total. The van der Waals surface area contributed by atoms with E-state index in [2.05, 4.69) is 5.32 Å². The van der Waals surface area contributed by atoms with Gasteiger partial charge in [-0.05, 0) is 0 Å². The maximum atomic E-state index is 5.17. The van der Waals surface area contributed by atoms with Crippen molar-refractivity contribution in [3.63, 3.8) is 0 Å². The second kappa shape index (κ2) is 16.6. The van der Waals surface area contributed by atoms with E-state index in [9.17, 15) is 0 Å². The Labute approximate surface area is 77.9 Å². The first-order valence-electron chi connectivity index (χ1n) is 2.76. The summed E-state index contributed by atoms with van der Waals surface area (Å²) in [4.78, 5) is 0. The van der Waals surface area contributed by atoms with Gasteiger partial charge in [-0.2, -0.15) is 0 Å². The molecule has 68 valence electrons. The summed E-state index contributed by atoms with van der Waals surface area (Å²) in [5.74, 6) is 0. The summed E-state index contributed by atoms with van der Waals surface area (Å²) in [7, 11) is 9.63. The zero-order valence-electron chi connectivity index (χ0n) is 5.56. The van der Waals surface area contributed by atoms with E-state index in [1.807, 2.05) is 0 Å². The minimum absolute atomic E-state index is 0.106. The number of hydrogen-bond acceptors (Lipinski definition) is 3. The zero-order valence-corrected chi connectivity index (χ0v) is 8.62. The molecule has 0 spiro atoms. The summed E-state index contributed by atoms with van der Waals surface area (Å²) in [6, 6.07) is 0. The molecular formula is C4H13Cl2N3Pd. The van der Waals surface area contributed by atoms with Gasteiger partial charge < -0.3 is 16.8 Å². The van der Waals surface area contributed by atoms with Gasteiger partial charge in [0.2, 0.25) is 0 Å². The van der Waals surface area contributed by atoms with Crippen LogP contribution in [0.5, 0.6) is 0 Å². The number of hydrogen-bond donors (Lipinski definition) is 3. The van der Waals surface area contributed by atoms with Crippen LogP contribution in [0, 0.1) is 0 Å². The van der Waals surface area contributed by atoms with Crippen LogP contribution in [-0.4, -0.2) is 26.2 Å². The number of nitrogens with one attached hydrogen (secondary N) is 1. The van der Waals surface area contributed by atoms with Crippen LogP contribution in [0.15, 0.2) is 0 Å². The van der Waals surface area contributed by atoms with E-state index in [0.29, 0.717) is 13.1 Å². The van der Waals surface area contributed by atoms with Crippen LogP contribution in [0.2, 0.25) is 0 Å². The molecule has 0 heterocycles. The van der Waals surface area contributed by atoms with Crippen molar-refractivity contribution in [1.29, 1.82) is 0 Å². The summed E-state index contributed by atoms with van der Waals surface area (Å²) in [6.07, 6.45) is 0. The van der Waals surface area contributed by atoms with Gasteiger partial charge in [-0.1, -0.05) is 0 Å². The molecule has 0 aromatic rings. The Hall–Kier alpha value is 1.12. The molecule has 0 saturated carbocycles. The van der Waals surface area contributed by atoms with Crippen molar-refractivity contribution in [1.82, 2.24) is 5.32 Å². The molecule has 0 aromatic carbocycles. The topological polar surface area (TPSA) is 64.1 Å². The normalized spacial score (nSPS) is 8.80. The van der Waals surface area contributed by atoms with E-state index in [1.54, 1.807) is 0 Å². The Morgan fingerprint density at radius 3 is 1.60 bits per heavy atom. The Kier molecular flexibility index (Phi) is 22.7. The van der Waals surface area contributed by atoms with E-state index >= 15 is 0 Å². The molecule has 6 heteroatoms.